The first-order valence-electron chi connectivity index (χ1n) is 5.62. The van der Waals surface area contributed by atoms with Crippen LogP contribution < -0.4 is 0 Å². The first-order valence-corrected chi connectivity index (χ1v) is 8.35. The van der Waals surface area contributed by atoms with Crippen molar-refractivity contribution in [3.05, 3.63) is 36.0 Å². The maximum absolute atomic E-state index is 3.33. The van der Waals surface area contributed by atoms with Crippen molar-refractivity contribution in [2.45, 2.75) is 19.3 Å². The minimum Gasteiger partial charge on any atom is -0.361 e. The van der Waals surface area contributed by atoms with Crippen LogP contribution >= 0.6 is 21.6 Å². The Kier molecular flexibility index (Phi) is 4.67. The van der Waals surface area contributed by atoms with Crippen LogP contribution in [0.3, 0.4) is 0 Å². The molecule has 0 aliphatic carbocycles. The minimum atomic E-state index is 1.19. The summed E-state index contributed by atoms with van der Waals surface area (Å²) < 4.78 is 0. The van der Waals surface area contributed by atoms with Crippen LogP contribution in [0, 0.1) is 0 Å². The van der Waals surface area contributed by atoms with Crippen LogP contribution in [0.15, 0.2) is 30.5 Å². The summed E-state index contributed by atoms with van der Waals surface area (Å²) >= 11 is 0. The molecule has 1 aromatic heterocycles. The van der Waals surface area contributed by atoms with Crippen molar-refractivity contribution in [3.63, 3.8) is 0 Å². The molecule has 1 aromatic carbocycles. The number of para-hydroxylation sites is 1. The van der Waals surface area contributed by atoms with Gasteiger partial charge in [-0.15, -0.1) is 0 Å². The zero-order chi connectivity index (χ0) is 11.2. The number of hydrogen-bond acceptors (Lipinski definition) is 2. The van der Waals surface area contributed by atoms with Crippen molar-refractivity contribution in [2.75, 3.05) is 12.0 Å². The Balaban J connectivity index is 1.89. The van der Waals surface area contributed by atoms with Crippen molar-refractivity contribution in [2.24, 2.45) is 0 Å². The third kappa shape index (κ3) is 2.98. The summed E-state index contributed by atoms with van der Waals surface area (Å²) in [5, 5.41) is 1.39. The van der Waals surface area contributed by atoms with Crippen LogP contribution in [-0.2, 0) is 6.42 Å². The summed E-state index contributed by atoms with van der Waals surface area (Å²) in [5.41, 5.74) is 2.72. The van der Waals surface area contributed by atoms with E-state index in [1.54, 1.807) is 0 Å². The highest BCUT2D eigenvalue weighted by atomic mass is 33.1. The lowest BCUT2D eigenvalue weighted by atomic mass is 10.1. The Bertz CT molecular complexity index is 436. The standard InChI is InChI=1S/C13H17NS2/c1-15-16-9-5-4-6-11-10-14-13-8-3-2-7-12(11)13/h2-3,7-8,10,14H,4-6,9H2,1H3. The number of fused-ring (bicyclic) bond motifs is 1. The average molecular weight is 251 g/mol. The van der Waals surface area contributed by atoms with E-state index in [0.717, 1.165) is 0 Å². The highest BCUT2D eigenvalue weighted by Crippen LogP contribution is 2.21. The molecule has 0 radical (unpaired) electrons. The Morgan fingerprint density at radius 1 is 1.19 bits per heavy atom. The van der Waals surface area contributed by atoms with Gasteiger partial charge in [0.15, 0.2) is 0 Å². The molecular formula is C13H17NS2. The number of benzene rings is 1. The van der Waals surface area contributed by atoms with Crippen LogP contribution in [0.5, 0.6) is 0 Å². The molecule has 0 saturated heterocycles. The number of aromatic amines is 1. The molecular weight excluding hydrogens is 234 g/mol. The lowest BCUT2D eigenvalue weighted by Crippen LogP contribution is -1.85. The zero-order valence-corrected chi connectivity index (χ0v) is 11.2. The van der Waals surface area contributed by atoms with Gasteiger partial charge in [0.25, 0.3) is 0 Å². The quantitative estimate of drug-likeness (QED) is 0.601. The van der Waals surface area contributed by atoms with Gasteiger partial charge in [-0.3, -0.25) is 0 Å². The zero-order valence-electron chi connectivity index (χ0n) is 9.53. The monoisotopic (exact) mass is 251 g/mol. The summed E-state index contributed by atoms with van der Waals surface area (Å²) in [6, 6.07) is 8.54. The first-order chi connectivity index (χ1) is 7.92. The van der Waals surface area contributed by atoms with Crippen molar-refractivity contribution in [3.8, 4) is 0 Å². The van der Waals surface area contributed by atoms with Gasteiger partial charge in [-0.1, -0.05) is 39.8 Å². The number of hydrogen-bond donors (Lipinski definition) is 1. The average Bonchev–Trinajstić information content (AvgIpc) is 2.73. The van der Waals surface area contributed by atoms with E-state index in [1.807, 2.05) is 21.6 Å². The van der Waals surface area contributed by atoms with Gasteiger partial charge in [0.1, 0.15) is 0 Å². The van der Waals surface area contributed by atoms with Gasteiger partial charge in [0.2, 0.25) is 0 Å². The molecule has 1 heterocycles. The largest absolute Gasteiger partial charge is 0.361 e. The van der Waals surface area contributed by atoms with Gasteiger partial charge < -0.3 is 4.98 Å². The van der Waals surface area contributed by atoms with Crippen LogP contribution in [0.2, 0.25) is 0 Å². The molecule has 0 aliphatic heterocycles. The molecule has 0 amide bonds. The second kappa shape index (κ2) is 6.26. The highest BCUT2D eigenvalue weighted by Gasteiger charge is 2.01. The topological polar surface area (TPSA) is 15.8 Å². The first kappa shape index (κ1) is 11.9. The molecule has 0 unspecified atom stereocenters. The third-order valence-corrected chi connectivity index (χ3v) is 4.61. The molecule has 16 heavy (non-hydrogen) atoms. The van der Waals surface area contributed by atoms with E-state index >= 15 is 0 Å². The molecule has 2 aromatic rings. The highest BCUT2D eigenvalue weighted by molar-refractivity contribution is 8.76. The summed E-state index contributed by atoms with van der Waals surface area (Å²) in [6.45, 7) is 0. The van der Waals surface area contributed by atoms with Gasteiger partial charge in [-0.2, -0.15) is 0 Å². The fraction of sp³-hybridized carbons (Fsp3) is 0.385. The molecule has 0 bridgehead atoms. The maximum Gasteiger partial charge on any atom is 0.0456 e. The SMILES string of the molecule is CSSCCCCc1c[nH]c2ccccc12. The molecule has 1 nitrogen and oxygen atoms in total. The second-order valence-corrected chi connectivity index (χ2v) is 6.49. The molecule has 2 rings (SSSR count). The van der Waals surface area contributed by atoms with E-state index in [0.29, 0.717) is 0 Å². The minimum absolute atomic E-state index is 1.19. The van der Waals surface area contributed by atoms with Crippen LogP contribution in [0.25, 0.3) is 10.9 Å². The normalized spacial score (nSPS) is 11.1. The van der Waals surface area contributed by atoms with Gasteiger partial charge in [-0.25, -0.2) is 0 Å². The molecule has 0 spiro atoms. The molecule has 0 fully saturated rings. The van der Waals surface area contributed by atoms with Gasteiger partial charge in [0, 0.05) is 22.9 Å². The van der Waals surface area contributed by atoms with Crippen LogP contribution in [0.1, 0.15) is 18.4 Å². The lowest BCUT2D eigenvalue weighted by Gasteiger charge is -1.99. The summed E-state index contributed by atoms with van der Waals surface area (Å²) in [6.07, 6.45) is 8.09. The fourth-order valence-corrected chi connectivity index (χ4v) is 3.24. The van der Waals surface area contributed by atoms with Crippen molar-refractivity contribution in [1.82, 2.24) is 4.98 Å². The van der Waals surface area contributed by atoms with E-state index in [-0.39, 0.29) is 0 Å². The van der Waals surface area contributed by atoms with Crippen LogP contribution in [-0.4, -0.2) is 17.0 Å². The number of nitrogens with one attached hydrogen (secondary N) is 1. The number of H-pyrrole nitrogens is 1. The van der Waals surface area contributed by atoms with Gasteiger partial charge in [0.05, 0.1) is 0 Å². The second-order valence-electron chi connectivity index (χ2n) is 3.81. The molecule has 0 aliphatic rings. The summed E-state index contributed by atoms with van der Waals surface area (Å²) in [4.78, 5) is 3.33. The van der Waals surface area contributed by atoms with Crippen molar-refractivity contribution < 1.29 is 0 Å². The van der Waals surface area contributed by atoms with Crippen molar-refractivity contribution >= 4 is 32.5 Å². The lowest BCUT2D eigenvalue weighted by molar-refractivity contribution is 0.807. The van der Waals surface area contributed by atoms with Crippen molar-refractivity contribution in [1.29, 1.82) is 0 Å². The summed E-state index contributed by atoms with van der Waals surface area (Å²) in [7, 11) is 3.82. The number of rotatable bonds is 6. The Morgan fingerprint density at radius 3 is 2.94 bits per heavy atom. The number of unbranched alkanes of at least 4 members (excludes halogenated alkanes) is 1. The smallest absolute Gasteiger partial charge is 0.0456 e. The molecule has 1 N–H and O–H groups in total. The molecule has 3 heteroatoms. The van der Waals surface area contributed by atoms with E-state index < -0.39 is 0 Å². The van der Waals surface area contributed by atoms with E-state index in [9.17, 15) is 0 Å². The number of aromatic nitrogens is 1. The van der Waals surface area contributed by atoms with Crippen LogP contribution in [0.4, 0.5) is 0 Å². The number of aryl methyl sites for hydroxylation is 1. The maximum atomic E-state index is 3.33. The third-order valence-electron chi connectivity index (χ3n) is 2.72. The van der Waals surface area contributed by atoms with Gasteiger partial charge in [-0.05, 0) is 37.1 Å². The van der Waals surface area contributed by atoms with E-state index in [4.69, 9.17) is 0 Å². The predicted molar refractivity (Wildman–Crippen MR) is 77.2 cm³/mol. The van der Waals surface area contributed by atoms with E-state index in [1.165, 1.54) is 41.5 Å². The molecule has 0 atom stereocenters. The Morgan fingerprint density at radius 2 is 2.06 bits per heavy atom. The van der Waals surface area contributed by atoms with E-state index in [2.05, 4.69) is 41.7 Å². The Labute approximate surface area is 105 Å². The molecule has 86 valence electrons. The molecule has 0 saturated carbocycles. The Hall–Kier alpha value is -0.540. The van der Waals surface area contributed by atoms with Gasteiger partial charge >= 0.3 is 0 Å². The summed E-state index contributed by atoms with van der Waals surface area (Å²) in [5.74, 6) is 1.27. The fourth-order valence-electron chi connectivity index (χ4n) is 1.90. The predicted octanol–water partition coefficient (Wildman–Crippen LogP) is 4.50.